The molecule has 1 saturated heterocycles. The number of aryl methyl sites for hydroxylation is 1. The van der Waals surface area contributed by atoms with E-state index in [1.165, 1.54) is 19.3 Å². The Hall–Kier alpha value is -1.06. The first-order chi connectivity index (χ1) is 10.1. The largest absolute Gasteiger partial charge is 0.334 e. The maximum Gasteiger partial charge on any atom is 0.254 e. The van der Waals surface area contributed by atoms with Gasteiger partial charge in [-0.15, -0.1) is 0 Å². The van der Waals surface area contributed by atoms with Gasteiger partial charge in [0.05, 0.1) is 0 Å². The highest BCUT2D eigenvalue weighted by Gasteiger charge is 2.34. The maximum absolute atomic E-state index is 12.8. The fraction of sp³-hybridized carbons (Fsp3) is 0.588. The summed E-state index contributed by atoms with van der Waals surface area (Å²) in [6.45, 7) is 3.87. The third-order valence-corrected chi connectivity index (χ3v) is 4.91. The Labute approximate surface area is 131 Å². The van der Waals surface area contributed by atoms with Gasteiger partial charge in [-0.1, -0.05) is 18.0 Å². The Morgan fingerprint density at radius 2 is 2.14 bits per heavy atom. The van der Waals surface area contributed by atoms with Crippen molar-refractivity contribution in [3.05, 3.63) is 34.3 Å². The molecule has 1 N–H and O–H groups in total. The predicted octanol–water partition coefficient (Wildman–Crippen LogP) is 3.40. The van der Waals surface area contributed by atoms with E-state index in [0.29, 0.717) is 12.1 Å². The molecule has 1 heterocycles. The quantitative estimate of drug-likeness (QED) is 0.924. The van der Waals surface area contributed by atoms with Gasteiger partial charge in [0, 0.05) is 29.2 Å². The Kier molecular flexibility index (Phi) is 4.51. The Morgan fingerprint density at radius 3 is 2.76 bits per heavy atom. The molecule has 0 radical (unpaired) electrons. The van der Waals surface area contributed by atoms with Gasteiger partial charge in [0.25, 0.3) is 5.91 Å². The number of rotatable bonds is 4. The fourth-order valence-corrected chi connectivity index (χ4v) is 3.16. The summed E-state index contributed by atoms with van der Waals surface area (Å²) in [6, 6.07) is 6.48. The highest BCUT2D eigenvalue weighted by atomic mass is 35.5. The number of nitrogens with one attached hydrogen (secondary N) is 1. The van der Waals surface area contributed by atoms with E-state index in [4.69, 9.17) is 11.6 Å². The van der Waals surface area contributed by atoms with Crippen LogP contribution >= 0.6 is 11.6 Å². The molecule has 0 spiro atoms. The number of carbonyl (C=O) groups excluding carboxylic acids is 1. The smallest absolute Gasteiger partial charge is 0.254 e. The summed E-state index contributed by atoms with van der Waals surface area (Å²) in [5.74, 6) is 0.157. The van der Waals surface area contributed by atoms with Crippen molar-refractivity contribution in [3.63, 3.8) is 0 Å². The molecule has 1 amide bonds. The molecule has 114 valence electrons. The Morgan fingerprint density at radius 1 is 1.33 bits per heavy atom. The van der Waals surface area contributed by atoms with Crippen LogP contribution in [0.1, 0.15) is 48.0 Å². The zero-order valence-corrected chi connectivity index (χ0v) is 13.3. The molecular weight excluding hydrogens is 284 g/mol. The summed E-state index contributed by atoms with van der Waals surface area (Å²) in [4.78, 5) is 14.9. The summed E-state index contributed by atoms with van der Waals surface area (Å²) in [7, 11) is 0. The van der Waals surface area contributed by atoms with Crippen molar-refractivity contribution in [2.24, 2.45) is 0 Å². The molecule has 2 aliphatic rings. The molecule has 3 nitrogen and oxygen atoms in total. The van der Waals surface area contributed by atoms with Crippen LogP contribution in [0.3, 0.4) is 0 Å². The highest BCUT2D eigenvalue weighted by molar-refractivity contribution is 6.31. The molecule has 1 atom stereocenters. The topological polar surface area (TPSA) is 32.3 Å². The van der Waals surface area contributed by atoms with E-state index in [0.717, 1.165) is 42.1 Å². The molecule has 1 aromatic carbocycles. The van der Waals surface area contributed by atoms with Gasteiger partial charge in [0.1, 0.15) is 0 Å². The normalized spacial score (nSPS) is 22.1. The summed E-state index contributed by atoms with van der Waals surface area (Å²) in [5, 5.41) is 4.26. The third kappa shape index (κ3) is 3.58. The summed E-state index contributed by atoms with van der Waals surface area (Å²) in [5.41, 5.74) is 1.73. The van der Waals surface area contributed by atoms with Crippen LogP contribution in [0.4, 0.5) is 0 Å². The first kappa shape index (κ1) is 14.9. The first-order valence-corrected chi connectivity index (χ1v) is 8.33. The van der Waals surface area contributed by atoms with Gasteiger partial charge in [-0.3, -0.25) is 4.79 Å². The standard InChI is InChI=1S/C17H23ClN2O/c1-12-10-13(5-8-16(12)18)17(21)20(15-6-7-15)11-14-4-2-3-9-19-14/h5,8,10,14-15,19H,2-4,6-7,9,11H2,1H3. The van der Waals surface area contributed by atoms with Crippen molar-refractivity contribution in [1.82, 2.24) is 10.2 Å². The van der Waals surface area contributed by atoms with Crippen molar-refractivity contribution in [1.29, 1.82) is 0 Å². The van der Waals surface area contributed by atoms with Gasteiger partial charge in [-0.05, 0) is 62.9 Å². The van der Waals surface area contributed by atoms with E-state index in [-0.39, 0.29) is 5.91 Å². The Bertz CT molecular complexity index is 522. The lowest BCUT2D eigenvalue weighted by molar-refractivity contribution is 0.0718. The molecule has 1 saturated carbocycles. The monoisotopic (exact) mass is 306 g/mol. The lowest BCUT2D eigenvalue weighted by atomic mass is 10.0. The molecule has 1 aliphatic carbocycles. The molecule has 1 aromatic rings. The van der Waals surface area contributed by atoms with Crippen LogP contribution in [0.15, 0.2) is 18.2 Å². The second-order valence-corrected chi connectivity index (χ2v) is 6.71. The number of piperidine rings is 1. The molecule has 0 aromatic heterocycles. The van der Waals surface area contributed by atoms with Crippen LogP contribution in [0, 0.1) is 6.92 Å². The molecule has 1 aliphatic heterocycles. The van der Waals surface area contributed by atoms with Crippen molar-refractivity contribution < 1.29 is 4.79 Å². The van der Waals surface area contributed by atoms with E-state index < -0.39 is 0 Å². The van der Waals surface area contributed by atoms with Crippen LogP contribution in [-0.4, -0.2) is 36.0 Å². The van der Waals surface area contributed by atoms with Crippen molar-refractivity contribution in [2.75, 3.05) is 13.1 Å². The average molecular weight is 307 g/mol. The second kappa shape index (κ2) is 6.37. The molecule has 2 fully saturated rings. The second-order valence-electron chi connectivity index (χ2n) is 6.30. The van der Waals surface area contributed by atoms with Crippen LogP contribution < -0.4 is 5.32 Å². The lowest BCUT2D eigenvalue weighted by Crippen LogP contribution is -2.46. The van der Waals surface area contributed by atoms with Gasteiger partial charge < -0.3 is 10.2 Å². The minimum Gasteiger partial charge on any atom is -0.334 e. The summed E-state index contributed by atoms with van der Waals surface area (Å²) in [6.07, 6.45) is 5.99. The Balaban J connectivity index is 1.73. The number of hydrogen-bond acceptors (Lipinski definition) is 2. The zero-order chi connectivity index (χ0) is 14.8. The third-order valence-electron chi connectivity index (χ3n) is 4.48. The summed E-state index contributed by atoms with van der Waals surface area (Å²) >= 11 is 6.06. The van der Waals surface area contributed by atoms with Crippen molar-refractivity contribution in [3.8, 4) is 0 Å². The number of hydrogen-bond donors (Lipinski definition) is 1. The first-order valence-electron chi connectivity index (χ1n) is 7.95. The lowest BCUT2D eigenvalue weighted by Gasteiger charge is -2.31. The molecule has 21 heavy (non-hydrogen) atoms. The van der Waals surface area contributed by atoms with Crippen molar-refractivity contribution >= 4 is 17.5 Å². The van der Waals surface area contributed by atoms with Gasteiger partial charge in [0.2, 0.25) is 0 Å². The van der Waals surface area contributed by atoms with E-state index in [1.807, 2.05) is 25.1 Å². The number of amides is 1. The van der Waals surface area contributed by atoms with Crippen LogP contribution in [0.2, 0.25) is 5.02 Å². The van der Waals surface area contributed by atoms with Crippen LogP contribution in [0.25, 0.3) is 0 Å². The molecule has 0 bridgehead atoms. The molecule has 3 rings (SSSR count). The number of benzene rings is 1. The van der Waals surface area contributed by atoms with Crippen molar-refractivity contribution in [2.45, 2.75) is 51.1 Å². The van der Waals surface area contributed by atoms with E-state index in [1.54, 1.807) is 0 Å². The van der Waals surface area contributed by atoms with Gasteiger partial charge in [-0.25, -0.2) is 0 Å². The molecule has 4 heteroatoms. The predicted molar refractivity (Wildman–Crippen MR) is 85.9 cm³/mol. The number of carbonyl (C=O) groups is 1. The van der Waals surface area contributed by atoms with Gasteiger partial charge >= 0.3 is 0 Å². The summed E-state index contributed by atoms with van der Waals surface area (Å²) < 4.78 is 0. The zero-order valence-electron chi connectivity index (χ0n) is 12.6. The van der Waals surface area contributed by atoms with Gasteiger partial charge in [-0.2, -0.15) is 0 Å². The SMILES string of the molecule is Cc1cc(C(=O)N(CC2CCCCN2)C2CC2)ccc1Cl. The van der Waals surface area contributed by atoms with Gasteiger partial charge in [0.15, 0.2) is 0 Å². The average Bonchev–Trinajstić information content (AvgIpc) is 3.33. The fourth-order valence-electron chi connectivity index (χ4n) is 3.04. The number of halogens is 1. The van der Waals surface area contributed by atoms with Crippen LogP contribution in [-0.2, 0) is 0 Å². The molecule has 1 unspecified atom stereocenters. The molecular formula is C17H23ClN2O. The maximum atomic E-state index is 12.8. The minimum atomic E-state index is 0.157. The highest BCUT2D eigenvalue weighted by Crippen LogP contribution is 2.29. The van der Waals surface area contributed by atoms with E-state index in [2.05, 4.69) is 10.2 Å². The van der Waals surface area contributed by atoms with E-state index >= 15 is 0 Å². The van der Waals surface area contributed by atoms with Crippen LogP contribution in [0.5, 0.6) is 0 Å². The number of nitrogens with zero attached hydrogens (tertiary/aromatic N) is 1. The minimum absolute atomic E-state index is 0.157. The van der Waals surface area contributed by atoms with E-state index in [9.17, 15) is 4.79 Å².